The van der Waals surface area contributed by atoms with Gasteiger partial charge in [0, 0.05) is 24.0 Å². The van der Waals surface area contributed by atoms with Crippen LogP contribution in [0.5, 0.6) is 0 Å². The van der Waals surface area contributed by atoms with Crippen molar-refractivity contribution in [3.8, 4) is 0 Å². The second kappa shape index (κ2) is 6.22. The van der Waals surface area contributed by atoms with Crippen LogP contribution in [0.25, 0.3) is 0 Å². The fraction of sp³-hybridized carbons (Fsp3) is 0.571. The highest BCUT2D eigenvalue weighted by Gasteiger charge is 2.30. The standard InChI is InChI=1S/C14H19Cl2NO2S/c1-10-3-5-17(6-4-10)20(18,19)14-8-13(16)7-12(9-15)11(14)2/h7-8,10H,3-6,9H2,1-2H3. The normalized spacial score (nSPS) is 18.4. The Morgan fingerprint density at radius 1 is 1.30 bits per heavy atom. The Morgan fingerprint density at radius 2 is 1.90 bits per heavy atom. The SMILES string of the molecule is Cc1c(CCl)cc(Cl)cc1S(=O)(=O)N1CCC(C)CC1. The molecular weight excluding hydrogens is 317 g/mol. The Kier molecular flexibility index (Phi) is 5.00. The summed E-state index contributed by atoms with van der Waals surface area (Å²) < 4.78 is 27.1. The maximum absolute atomic E-state index is 12.8. The summed E-state index contributed by atoms with van der Waals surface area (Å²) in [6, 6.07) is 3.25. The third-order valence-corrected chi connectivity index (χ3v) is 6.47. The lowest BCUT2D eigenvalue weighted by molar-refractivity contribution is 0.288. The number of hydrogen-bond acceptors (Lipinski definition) is 2. The van der Waals surface area contributed by atoms with E-state index in [0.29, 0.717) is 29.6 Å². The minimum atomic E-state index is -3.48. The number of rotatable bonds is 3. The van der Waals surface area contributed by atoms with E-state index in [9.17, 15) is 8.42 Å². The summed E-state index contributed by atoms with van der Waals surface area (Å²) in [6.45, 7) is 5.09. The average molecular weight is 336 g/mol. The van der Waals surface area contributed by atoms with Crippen molar-refractivity contribution < 1.29 is 8.42 Å². The van der Waals surface area contributed by atoms with Gasteiger partial charge in [-0.2, -0.15) is 4.31 Å². The summed E-state index contributed by atoms with van der Waals surface area (Å²) in [5, 5.41) is 0.412. The molecule has 0 bridgehead atoms. The monoisotopic (exact) mass is 335 g/mol. The van der Waals surface area contributed by atoms with Gasteiger partial charge in [-0.1, -0.05) is 18.5 Å². The molecule has 20 heavy (non-hydrogen) atoms. The zero-order valence-corrected chi connectivity index (χ0v) is 14.0. The van der Waals surface area contributed by atoms with Crippen molar-refractivity contribution in [3.05, 3.63) is 28.3 Å². The number of piperidine rings is 1. The second-order valence-corrected chi connectivity index (χ2v) is 8.02. The first-order valence-electron chi connectivity index (χ1n) is 6.71. The first-order valence-corrected chi connectivity index (χ1v) is 9.06. The number of hydrogen-bond donors (Lipinski definition) is 0. The van der Waals surface area contributed by atoms with Crippen molar-refractivity contribution in [1.82, 2.24) is 4.31 Å². The summed E-state index contributed by atoms with van der Waals surface area (Å²) in [5.74, 6) is 0.840. The average Bonchev–Trinajstić information content (AvgIpc) is 2.41. The van der Waals surface area contributed by atoms with Gasteiger partial charge in [-0.05, 0) is 48.9 Å². The van der Waals surface area contributed by atoms with E-state index in [0.717, 1.165) is 18.4 Å². The molecule has 0 radical (unpaired) electrons. The third-order valence-electron chi connectivity index (χ3n) is 3.94. The molecule has 1 aromatic rings. The van der Waals surface area contributed by atoms with Gasteiger partial charge < -0.3 is 0 Å². The molecule has 0 unspecified atom stereocenters. The number of benzene rings is 1. The molecule has 0 atom stereocenters. The summed E-state index contributed by atoms with van der Waals surface area (Å²) >= 11 is 11.9. The van der Waals surface area contributed by atoms with Crippen molar-refractivity contribution in [3.63, 3.8) is 0 Å². The Labute approximate surface area is 130 Å². The van der Waals surface area contributed by atoms with E-state index in [1.165, 1.54) is 6.07 Å². The highest BCUT2D eigenvalue weighted by atomic mass is 35.5. The van der Waals surface area contributed by atoms with Crippen LogP contribution in [0, 0.1) is 12.8 Å². The molecule has 0 N–H and O–H groups in total. The summed E-state index contributed by atoms with van der Waals surface area (Å²) in [6.07, 6.45) is 1.81. The maximum Gasteiger partial charge on any atom is 0.243 e. The van der Waals surface area contributed by atoms with Gasteiger partial charge in [0.25, 0.3) is 0 Å². The van der Waals surface area contributed by atoms with Gasteiger partial charge in [-0.3, -0.25) is 0 Å². The first kappa shape index (κ1) is 16.1. The van der Waals surface area contributed by atoms with Crippen molar-refractivity contribution in [2.75, 3.05) is 13.1 Å². The number of sulfonamides is 1. The van der Waals surface area contributed by atoms with Gasteiger partial charge in [0.15, 0.2) is 0 Å². The molecule has 0 amide bonds. The van der Waals surface area contributed by atoms with Crippen LogP contribution in [-0.2, 0) is 15.9 Å². The molecule has 1 aliphatic heterocycles. The van der Waals surface area contributed by atoms with Gasteiger partial charge in [0.2, 0.25) is 10.0 Å². The van der Waals surface area contributed by atoms with Crippen molar-refractivity contribution >= 4 is 33.2 Å². The van der Waals surface area contributed by atoms with E-state index in [-0.39, 0.29) is 10.8 Å². The minimum absolute atomic E-state index is 0.256. The number of alkyl halides is 1. The van der Waals surface area contributed by atoms with Crippen LogP contribution in [0.2, 0.25) is 5.02 Å². The van der Waals surface area contributed by atoms with Gasteiger partial charge in [-0.15, -0.1) is 11.6 Å². The molecular formula is C14H19Cl2NO2S. The van der Waals surface area contributed by atoms with E-state index in [1.54, 1.807) is 17.3 Å². The molecule has 0 aliphatic carbocycles. The Balaban J connectivity index is 2.42. The second-order valence-electron chi connectivity index (χ2n) is 5.41. The van der Waals surface area contributed by atoms with Crippen LogP contribution in [0.3, 0.4) is 0 Å². The molecule has 0 spiro atoms. The fourth-order valence-corrected chi connectivity index (χ4v) is 4.83. The van der Waals surface area contributed by atoms with Crippen LogP contribution in [0.15, 0.2) is 17.0 Å². The van der Waals surface area contributed by atoms with E-state index in [1.807, 2.05) is 0 Å². The van der Waals surface area contributed by atoms with E-state index in [2.05, 4.69) is 6.92 Å². The minimum Gasteiger partial charge on any atom is -0.207 e. The van der Waals surface area contributed by atoms with Gasteiger partial charge >= 0.3 is 0 Å². The topological polar surface area (TPSA) is 37.4 Å². The smallest absolute Gasteiger partial charge is 0.207 e. The van der Waals surface area contributed by atoms with E-state index < -0.39 is 10.0 Å². The molecule has 1 heterocycles. The van der Waals surface area contributed by atoms with Crippen LogP contribution in [0.1, 0.15) is 30.9 Å². The molecule has 3 nitrogen and oxygen atoms in total. The van der Waals surface area contributed by atoms with Crippen molar-refractivity contribution in [2.45, 2.75) is 37.5 Å². The number of halogens is 2. The summed E-state index contributed by atoms with van der Waals surface area (Å²) in [7, 11) is -3.48. The zero-order valence-electron chi connectivity index (χ0n) is 11.7. The fourth-order valence-electron chi connectivity index (χ4n) is 2.48. The highest BCUT2D eigenvalue weighted by Crippen LogP contribution is 2.30. The zero-order chi connectivity index (χ0) is 14.9. The molecule has 112 valence electrons. The lowest BCUT2D eigenvalue weighted by Gasteiger charge is -2.30. The third kappa shape index (κ3) is 3.14. The molecule has 0 saturated carbocycles. The van der Waals surface area contributed by atoms with E-state index >= 15 is 0 Å². The molecule has 1 aliphatic rings. The quantitative estimate of drug-likeness (QED) is 0.787. The molecule has 1 aromatic carbocycles. The summed E-state index contributed by atoms with van der Waals surface area (Å²) in [5.41, 5.74) is 1.46. The van der Waals surface area contributed by atoms with Crippen LogP contribution in [-0.4, -0.2) is 25.8 Å². The van der Waals surface area contributed by atoms with Gasteiger partial charge in [-0.25, -0.2) is 8.42 Å². The Morgan fingerprint density at radius 3 is 2.45 bits per heavy atom. The van der Waals surface area contributed by atoms with Crippen LogP contribution >= 0.6 is 23.2 Å². The van der Waals surface area contributed by atoms with Crippen LogP contribution < -0.4 is 0 Å². The summed E-state index contributed by atoms with van der Waals surface area (Å²) in [4.78, 5) is 0.287. The number of nitrogens with zero attached hydrogens (tertiary/aromatic N) is 1. The predicted molar refractivity (Wildman–Crippen MR) is 82.9 cm³/mol. The highest BCUT2D eigenvalue weighted by molar-refractivity contribution is 7.89. The molecule has 6 heteroatoms. The van der Waals surface area contributed by atoms with Crippen molar-refractivity contribution in [1.29, 1.82) is 0 Å². The molecule has 0 aromatic heterocycles. The van der Waals surface area contributed by atoms with E-state index in [4.69, 9.17) is 23.2 Å². The molecule has 1 saturated heterocycles. The molecule has 1 fully saturated rings. The first-order chi connectivity index (χ1) is 9.36. The Bertz CT molecular complexity index is 593. The largest absolute Gasteiger partial charge is 0.243 e. The molecule has 2 rings (SSSR count). The lowest BCUT2D eigenvalue weighted by atomic mass is 10.0. The van der Waals surface area contributed by atoms with Crippen LogP contribution in [0.4, 0.5) is 0 Å². The van der Waals surface area contributed by atoms with Gasteiger partial charge in [0.1, 0.15) is 0 Å². The van der Waals surface area contributed by atoms with Gasteiger partial charge in [0.05, 0.1) is 4.90 Å². The Hall–Kier alpha value is -0.290. The van der Waals surface area contributed by atoms with Crippen molar-refractivity contribution in [2.24, 2.45) is 5.92 Å². The lowest BCUT2D eigenvalue weighted by Crippen LogP contribution is -2.38. The predicted octanol–water partition coefficient (Wildman–Crippen LogP) is 3.81. The maximum atomic E-state index is 12.8.